The second kappa shape index (κ2) is 11.9. The molecule has 2 saturated heterocycles. The SMILES string of the molecule is Cl.Cl.NCC1(C(=O)NC2CCN(CCc3ccccc3)CC2)CCOCC1. The highest BCUT2D eigenvalue weighted by Crippen LogP contribution is 2.30. The van der Waals surface area contributed by atoms with Gasteiger partial charge in [0.1, 0.15) is 0 Å². The molecule has 1 aromatic rings. The van der Waals surface area contributed by atoms with E-state index >= 15 is 0 Å². The van der Waals surface area contributed by atoms with Gasteiger partial charge in [-0.1, -0.05) is 30.3 Å². The Balaban J connectivity index is 0.00000182. The van der Waals surface area contributed by atoms with Crippen LogP contribution in [0.1, 0.15) is 31.2 Å². The Morgan fingerprint density at radius 2 is 1.78 bits per heavy atom. The topological polar surface area (TPSA) is 67.6 Å². The van der Waals surface area contributed by atoms with Crippen molar-refractivity contribution < 1.29 is 9.53 Å². The van der Waals surface area contributed by atoms with E-state index in [0.717, 1.165) is 51.7 Å². The van der Waals surface area contributed by atoms with Gasteiger partial charge in [-0.25, -0.2) is 0 Å². The maximum absolute atomic E-state index is 12.8. The Morgan fingerprint density at radius 3 is 2.37 bits per heavy atom. The number of amides is 1. The van der Waals surface area contributed by atoms with Gasteiger partial charge in [0, 0.05) is 45.4 Å². The Kier molecular flexibility index (Phi) is 10.6. The number of nitrogens with two attached hydrogens (primary N) is 1. The molecule has 154 valence electrons. The Bertz CT molecular complexity index is 545. The molecule has 7 heteroatoms. The highest BCUT2D eigenvalue weighted by molar-refractivity contribution is 5.85. The molecule has 27 heavy (non-hydrogen) atoms. The number of carbonyl (C=O) groups excluding carboxylic acids is 1. The zero-order valence-electron chi connectivity index (χ0n) is 15.9. The van der Waals surface area contributed by atoms with Crippen molar-refractivity contribution in [3.8, 4) is 0 Å². The van der Waals surface area contributed by atoms with Gasteiger partial charge in [-0.15, -0.1) is 24.8 Å². The van der Waals surface area contributed by atoms with Crippen molar-refractivity contribution in [1.82, 2.24) is 10.2 Å². The number of carbonyl (C=O) groups is 1. The van der Waals surface area contributed by atoms with Crippen LogP contribution >= 0.6 is 24.8 Å². The van der Waals surface area contributed by atoms with Gasteiger partial charge in [0.15, 0.2) is 0 Å². The number of piperidine rings is 1. The molecule has 2 aliphatic rings. The summed E-state index contributed by atoms with van der Waals surface area (Å²) in [5.74, 6) is 0.140. The number of nitrogens with one attached hydrogen (secondary N) is 1. The molecule has 0 atom stereocenters. The summed E-state index contributed by atoms with van der Waals surface area (Å²) in [4.78, 5) is 15.3. The van der Waals surface area contributed by atoms with Crippen molar-refractivity contribution >= 4 is 30.7 Å². The van der Waals surface area contributed by atoms with E-state index in [4.69, 9.17) is 10.5 Å². The summed E-state index contributed by atoms with van der Waals surface area (Å²) in [6.07, 6.45) is 4.63. The summed E-state index contributed by atoms with van der Waals surface area (Å²) < 4.78 is 5.40. The Hall–Kier alpha value is -0.850. The summed E-state index contributed by atoms with van der Waals surface area (Å²) in [6.45, 7) is 4.89. The first kappa shape index (κ1) is 24.2. The molecule has 0 spiro atoms. The van der Waals surface area contributed by atoms with Gasteiger partial charge >= 0.3 is 0 Å². The average Bonchev–Trinajstić information content (AvgIpc) is 2.68. The minimum absolute atomic E-state index is 0. The van der Waals surface area contributed by atoms with E-state index in [9.17, 15) is 4.79 Å². The Labute approximate surface area is 175 Å². The third-order valence-corrected chi connectivity index (χ3v) is 5.80. The largest absolute Gasteiger partial charge is 0.381 e. The molecule has 2 fully saturated rings. The lowest BCUT2D eigenvalue weighted by atomic mass is 9.79. The highest BCUT2D eigenvalue weighted by atomic mass is 35.5. The van der Waals surface area contributed by atoms with E-state index in [2.05, 4.69) is 40.5 Å². The van der Waals surface area contributed by atoms with Crippen molar-refractivity contribution in [2.45, 2.75) is 38.1 Å². The maximum Gasteiger partial charge on any atom is 0.227 e. The molecule has 1 aromatic carbocycles. The van der Waals surface area contributed by atoms with Crippen LogP contribution in [0.25, 0.3) is 0 Å². The molecular weight excluding hydrogens is 385 g/mol. The molecule has 0 bridgehead atoms. The second-order valence-corrected chi connectivity index (χ2v) is 7.42. The molecular formula is C20H33Cl2N3O2. The number of rotatable bonds is 6. The lowest BCUT2D eigenvalue weighted by Crippen LogP contribution is -2.53. The third kappa shape index (κ3) is 6.61. The fourth-order valence-electron chi connectivity index (χ4n) is 3.86. The molecule has 3 rings (SSSR count). The summed E-state index contributed by atoms with van der Waals surface area (Å²) in [6, 6.07) is 10.9. The van der Waals surface area contributed by atoms with Crippen LogP contribution in [-0.2, 0) is 16.0 Å². The zero-order chi connectivity index (χ0) is 17.5. The van der Waals surface area contributed by atoms with Crippen LogP contribution in [0.15, 0.2) is 30.3 Å². The predicted molar refractivity (Wildman–Crippen MR) is 114 cm³/mol. The van der Waals surface area contributed by atoms with Gasteiger partial charge in [0.2, 0.25) is 5.91 Å². The van der Waals surface area contributed by atoms with Crippen LogP contribution in [0, 0.1) is 5.41 Å². The molecule has 5 nitrogen and oxygen atoms in total. The van der Waals surface area contributed by atoms with E-state index < -0.39 is 5.41 Å². The standard InChI is InChI=1S/C20H31N3O2.2ClH/c21-16-20(9-14-25-15-10-20)19(24)22-18-7-12-23(13-8-18)11-6-17-4-2-1-3-5-17;;/h1-5,18H,6-16,21H2,(H,22,24);2*1H. The van der Waals surface area contributed by atoms with Gasteiger partial charge in [0.25, 0.3) is 0 Å². The fourth-order valence-corrected chi connectivity index (χ4v) is 3.86. The molecule has 1 amide bonds. The van der Waals surface area contributed by atoms with E-state index in [0.29, 0.717) is 19.8 Å². The summed E-state index contributed by atoms with van der Waals surface area (Å²) in [5.41, 5.74) is 6.91. The predicted octanol–water partition coefficient (Wildman–Crippen LogP) is 2.41. The lowest BCUT2D eigenvalue weighted by molar-refractivity contribution is -0.137. The van der Waals surface area contributed by atoms with Crippen LogP contribution in [-0.4, -0.2) is 56.2 Å². The summed E-state index contributed by atoms with van der Waals surface area (Å²) in [5, 5.41) is 3.27. The van der Waals surface area contributed by atoms with E-state index in [1.54, 1.807) is 0 Å². The fraction of sp³-hybridized carbons (Fsp3) is 0.650. The van der Waals surface area contributed by atoms with Crippen molar-refractivity contribution in [2.24, 2.45) is 11.1 Å². The molecule has 0 radical (unpaired) electrons. The highest BCUT2D eigenvalue weighted by Gasteiger charge is 2.39. The normalized spacial score (nSPS) is 20.2. The quantitative estimate of drug-likeness (QED) is 0.745. The van der Waals surface area contributed by atoms with Gasteiger partial charge < -0.3 is 20.7 Å². The van der Waals surface area contributed by atoms with E-state index in [1.165, 1.54) is 5.56 Å². The third-order valence-electron chi connectivity index (χ3n) is 5.80. The number of nitrogens with zero attached hydrogens (tertiary/aromatic N) is 1. The molecule has 0 aromatic heterocycles. The number of benzene rings is 1. The van der Waals surface area contributed by atoms with Gasteiger partial charge in [-0.3, -0.25) is 4.79 Å². The Morgan fingerprint density at radius 1 is 1.15 bits per heavy atom. The molecule has 2 heterocycles. The maximum atomic E-state index is 12.8. The smallest absolute Gasteiger partial charge is 0.227 e. The number of ether oxygens (including phenoxy) is 1. The lowest BCUT2D eigenvalue weighted by Gasteiger charge is -2.38. The molecule has 0 aliphatic carbocycles. The van der Waals surface area contributed by atoms with Crippen LogP contribution in [0.3, 0.4) is 0 Å². The first-order valence-electron chi connectivity index (χ1n) is 9.57. The molecule has 3 N–H and O–H groups in total. The first-order valence-corrected chi connectivity index (χ1v) is 9.57. The number of hydrogen-bond donors (Lipinski definition) is 2. The summed E-state index contributed by atoms with van der Waals surface area (Å²) in [7, 11) is 0. The van der Waals surface area contributed by atoms with E-state index in [1.807, 2.05) is 0 Å². The second-order valence-electron chi connectivity index (χ2n) is 7.42. The van der Waals surface area contributed by atoms with E-state index in [-0.39, 0.29) is 36.8 Å². The van der Waals surface area contributed by atoms with Gasteiger partial charge in [0.05, 0.1) is 5.41 Å². The van der Waals surface area contributed by atoms with Crippen molar-refractivity contribution in [3.05, 3.63) is 35.9 Å². The van der Waals surface area contributed by atoms with Crippen LogP contribution in [0.2, 0.25) is 0 Å². The number of likely N-dealkylation sites (tertiary alicyclic amines) is 1. The van der Waals surface area contributed by atoms with Crippen LogP contribution < -0.4 is 11.1 Å². The molecule has 0 unspecified atom stereocenters. The van der Waals surface area contributed by atoms with Gasteiger partial charge in [-0.2, -0.15) is 0 Å². The zero-order valence-corrected chi connectivity index (χ0v) is 17.5. The molecule has 2 aliphatic heterocycles. The summed E-state index contributed by atoms with van der Waals surface area (Å²) >= 11 is 0. The van der Waals surface area contributed by atoms with Gasteiger partial charge in [-0.05, 0) is 37.7 Å². The van der Waals surface area contributed by atoms with Crippen LogP contribution in [0.4, 0.5) is 0 Å². The van der Waals surface area contributed by atoms with Crippen molar-refractivity contribution in [1.29, 1.82) is 0 Å². The minimum Gasteiger partial charge on any atom is -0.381 e. The molecule has 0 saturated carbocycles. The first-order chi connectivity index (χ1) is 12.2. The minimum atomic E-state index is -0.414. The number of halogens is 2. The number of hydrogen-bond acceptors (Lipinski definition) is 4. The monoisotopic (exact) mass is 417 g/mol. The average molecular weight is 418 g/mol. The van der Waals surface area contributed by atoms with Crippen molar-refractivity contribution in [3.63, 3.8) is 0 Å². The van der Waals surface area contributed by atoms with Crippen LogP contribution in [0.5, 0.6) is 0 Å². The van der Waals surface area contributed by atoms with Crippen molar-refractivity contribution in [2.75, 3.05) is 39.4 Å².